The van der Waals surface area contributed by atoms with Crippen molar-refractivity contribution in [3.63, 3.8) is 0 Å². The Labute approximate surface area is 111 Å². The van der Waals surface area contributed by atoms with Crippen LogP contribution in [0.4, 0.5) is 0 Å². The predicted octanol–water partition coefficient (Wildman–Crippen LogP) is 4.36. The van der Waals surface area contributed by atoms with Crippen LogP contribution in [0.3, 0.4) is 0 Å². The molecule has 0 unspecified atom stereocenters. The van der Waals surface area contributed by atoms with Crippen LogP contribution in [0.1, 0.15) is 11.1 Å². The van der Waals surface area contributed by atoms with Crippen LogP contribution in [0, 0.1) is 13.8 Å². The molecular formula is C10H8BrClN2OS. The highest BCUT2D eigenvalue weighted by Gasteiger charge is 2.07. The van der Waals surface area contributed by atoms with Crippen LogP contribution in [0.5, 0.6) is 10.9 Å². The Morgan fingerprint density at radius 3 is 2.38 bits per heavy atom. The Morgan fingerprint density at radius 2 is 1.88 bits per heavy atom. The summed E-state index contributed by atoms with van der Waals surface area (Å²) in [4.78, 5) is 0. The molecule has 0 spiro atoms. The summed E-state index contributed by atoms with van der Waals surface area (Å²) in [5, 5.41) is 8.95. The third-order valence-electron chi connectivity index (χ3n) is 2.00. The van der Waals surface area contributed by atoms with Gasteiger partial charge in [0.15, 0.2) is 3.92 Å². The molecule has 16 heavy (non-hydrogen) atoms. The first kappa shape index (κ1) is 11.8. The second kappa shape index (κ2) is 4.69. The Bertz CT molecular complexity index is 506. The Morgan fingerprint density at radius 1 is 1.25 bits per heavy atom. The fraction of sp³-hybridized carbons (Fsp3) is 0.200. The number of hydrogen-bond acceptors (Lipinski definition) is 4. The van der Waals surface area contributed by atoms with E-state index in [4.69, 9.17) is 16.3 Å². The van der Waals surface area contributed by atoms with Crippen LogP contribution in [0.2, 0.25) is 5.02 Å². The summed E-state index contributed by atoms with van der Waals surface area (Å²) in [6.07, 6.45) is 0. The van der Waals surface area contributed by atoms with Crippen molar-refractivity contribution in [1.29, 1.82) is 0 Å². The van der Waals surface area contributed by atoms with Gasteiger partial charge in [-0.25, -0.2) is 0 Å². The normalized spacial score (nSPS) is 10.5. The maximum absolute atomic E-state index is 6.07. The average Bonchev–Trinajstić information content (AvgIpc) is 2.60. The maximum Gasteiger partial charge on any atom is 0.300 e. The zero-order chi connectivity index (χ0) is 11.7. The van der Waals surface area contributed by atoms with E-state index in [1.807, 2.05) is 26.0 Å². The van der Waals surface area contributed by atoms with Gasteiger partial charge >= 0.3 is 0 Å². The summed E-state index contributed by atoms with van der Waals surface area (Å²) in [7, 11) is 0. The van der Waals surface area contributed by atoms with E-state index in [-0.39, 0.29) is 0 Å². The lowest BCUT2D eigenvalue weighted by Crippen LogP contribution is -1.87. The molecule has 0 aliphatic heterocycles. The lowest BCUT2D eigenvalue weighted by molar-refractivity contribution is 0.472. The van der Waals surface area contributed by atoms with Gasteiger partial charge in [0.05, 0.1) is 0 Å². The summed E-state index contributed by atoms with van der Waals surface area (Å²) < 4.78 is 6.27. The van der Waals surface area contributed by atoms with Gasteiger partial charge in [0.1, 0.15) is 5.75 Å². The standard InChI is InChI=1S/C10H8BrClN2OS/c1-5-3-7(4-6(2)8(5)12)15-10-14-13-9(11)16-10/h3-4H,1-2H3. The second-order valence-electron chi connectivity index (χ2n) is 3.29. The lowest BCUT2D eigenvalue weighted by Gasteiger charge is -2.06. The summed E-state index contributed by atoms with van der Waals surface area (Å²) >= 11 is 10.6. The molecule has 0 aliphatic carbocycles. The van der Waals surface area contributed by atoms with Crippen LogP contribution in [-0.4, -0.2) is 10.2 Å². The van der Waals surface area contributed by atoms with Crippen molar-refractivity contribution in [2.75, 3.05) is 0 Å². The third-order valence-corrected chi connectivity index (χ3v) is 3.83. The zero-order valence-corrected chi connectivity index (χ0v) is 11.8. The van der Waals surface area contributed by atoms with Crippen molar-refractivity contribution < 1.29 is 4.74 Å². The molecule has 2 rings (SSSR count). The predicted molar refractivity (Wildman–Crippen MR) is 68.6 cm³/mol. The maximum atomic E-state index is 6.07. The number of ether oxygens (including phenoxy) is 1. The minimum atomic E-state index is 0.507. The van der Waals surface area contributed by atoms with Crippen molar-refractivity contribution in [1.82, 2.24) is 10.2 Å². The number of nitrogens with zero attached hydrogens (tertiary/aromatic N) is 2. The smallest absolute Gasteiger partial charge is 0.300 e. The number of aromatic nitrogens is 2. The third kappa shape index (κ3) is 2.53. The first-order chi connectivity index (χ1) is 7.56. The Balaban J connectivity index is 2.28. The number of rotatable bonds is 2. The Hall–Kier alpha value is -0.650. The average molecular weight is 320 g/mol. The quantitative estimate of drug-likeness (QED) is 0.825. The SMILES string of the molecule is Cc1cc(Oc2nnc(Br)s2)cc(C)c1Cl. The topological polar surface area (TPSA) is 35.0 Å². The van der Waals surface area contributed by atoms with Crippen molar-refractivity contribution in [3.8, 4) is 10.9 Å². The van der Waals surface area contributed by atoms with Crippen molar-refractivity contribution >= 4 is 38.9 Å². The monoisotopic (exact) mass is 318 g/mol. The van der Waals surface area contributed by atoms with E-state index >= 15 is 0 Å². The molecule has 0 aliphatic rings. The fourth-order valence-corrected chi connectivity index (χ4v) is 2.35. The molecule has 0 amide bonds. The molecule has 1 aromatic carbocycles. The highest BCUT2D eigenvalue weighted by molar-refractivity contribution is 9.11. The molecule has 1 heterocycles. The molecular weight excluding hydrogens is 312 g/mol. The van der Waals surface area contributed by atoms with E-state index in [0.29, 0.717) is 9.11 Å². The van der Waals surface area contributed by atoms with E-state index in [2.05, 4.69) is 26.1 Å². The molecule has 0 N–H and O–H groups in total. The van der Waals surface area contributed by atoms with Crippen LogP contribution >= 0.6 is 38.9 Å². The van der Waals surface area contributed by atoms with E-state index in [0.717, 1.165) is 21.9 Å². The van der Waals surface area contributed by atoms with E-state index < -0.39 is 0 Å². The summed E-state index contributed by atoms with van der Waals surface area (Å²) in [6.45, 7) is 3.89. The number of benzene rings is 1. The molecule has 1 aromatic heterocycles. The van der Waals surface area contributed by atoms with Crippen LogP contribution in [0.25, 0.3) is 0 Å². The highest BCUT2D eigenvalue weighted by atomic mass is 79.9. The molecule has 2 aromatic rings. The molecule has 0 atom stereocenters. The van der Waals surface area contributed by atoms with Gasteiger partial charge in [-0.1, -0.05) is 16.7 Å². The first-order valence-corrected chi connectivity index (χ1v) is 6.48. The van der Waals surface area contributed by atoms with E-state index in [9.17, 15) is 0 Å². The van der Waals surface area contributed by atoms with E-state index in [1.165, 1.54) is 11.3 Å². The largest absolute Gasteiger partial charge is 0.430 e. The molecule has 0 radical (unpaired) electrons. The van der Waals surface area contributed by atoms with Gasteiger partial charge < -0.3 is 4.74 Å². The van der Waals surface area contributed by atoms with Gasteiger partial charge in [-0.05, 0) is 64.4 Å². The van der Waals surface area contributed by atoms with Crippen LogP contribution in [0.15, 0.2) is 16.0 Å². The van der Waals surface area contributed by atoms with Gasteiger partial charge in [-0.2, -0.15) is 0 Å². The Kier molecular flexibility index (Phi) is 3.47. The van der Waals surface area contributed by atoms with Crippen molar-refractivity contribution in [2.45, 2.75) is 13.8 Å². The van der Waals surface area contributed by atoms with Gasteiger partial charge in [-0.15, -0.1) is 5.10 Å². The molecule has 0 fully saturated rings. The molecule has 0 bridgehead atoms. The van der Waals surface area contributed by atoms with Crippen molar-refractivity contribution in [3.05, 3.63) is 32.2 Å². The van der Waals surface area contributed by atoms with Gasteiger partial charge in [0.25, 0.3) is 5.19 Å². The summed E-state index contributed by atoms with van der Waals surface area (Å²) in [6, 6.07) is 3.76. The number of hydrogen-bond donors (Lipinski definition) is 0. The summed E-state index contributed by atoms with van der Waals surface area (Å²) in [5.74, 6) is 0.725. The fourth-order valence-electron chi connectivity index (χ4n) is 1.30. The molecule has 3 nitrogen and oxygen atoms in total. The van der Waals surface area contributed by atoms with E-state index in [1.54, 1.807) is 0 Å². The minimum absolute atomic E-state index is 0.507. The highest BCUT2D eigenvalue weighted by Crippen LogP contribution is 2.31. The van der Waals surface area contributed by atoms with Gasteiger partial charge in [-0.3, -0.25) is 0 Å². The minimum Gasteiger partial charge on any atom is -0.430 e. The molecule has 0 saturated heterocycles. The lowest BCUT2D eigenvalue weighted by atomic mass is 10.1. The first-order valence-electron chi connectivity index (χ1n) is 4.50. The zero-order valence-electron chi connectivity index (χ0n) is 8.62. The van der Waals surface area contributed by atoms with Crippen LogP contribution < -0.4 is 4.74 Å². The molecule has 6 heteroatoms. The molecule has 0 saturated carbocycles. The second-order valence-corrected chi connectivity index (χ2v) is 5.89. The van der Waals surface area contributed by atoms with Crippen LogP contribution in [-0.2, 0) is 0 Å². The van der Waals surface area contributed by atoms with Gasteiger partial charge in [0.2, 0.25) is 0 Å². The molecule has 84 valence electrons. The number of aryl methyl sites for hydroxylation is 2. The van der Waals surface area contributed by atoms with Gasteiger partial charge in [0, 0.05) is 5.02 Å². The summed E-state index contributed by atoms with van der Waals surface area (Å²) in [5.41, 5.74) is 1.97. The number of halogens is 2. The van der Waals surface area contributed by atoms with Crippen molar-refractivity contribution in [2.24, 2.45) is 0 Å².